The molecule has 1 heterocycles. The lowest BCUT2D eigenvalue weighted by molar-refractivity contribution is -0.104. The maximum Gasteiger partial charge on any atom is 0.278 e. The summed E-state index contributed by atoms with van der Waals surface area (Å²) < 4.78 is 1.19. The third-order valence-electron chi connectivity index (χ3n) is 4.85. The molecule has 0 unspecified atom stereocenters. The van der Waals surface area contributed by atoms with Crippen molar-refractivity contribution in [3.8, 4) is 0 Å². The Balaban J connectivity index is 1.56. The average Bonchev–Trinajstić information content (AvgIpc) is 3.23. The van der Waals surface area contributed by atoms with Gasteiger partial charge in [0.25, 0.3) is 5.91 Å². The molecule has 154 valence electrons. The number of nitrogens with two attached hydrogens (primary N) is 1. The summed E-state index contributed by atoms with van der Waals surface area (Å²) in [5.41, 5.74) is 7.90. The minimum absolute atomic E-state index is 0.194. The van der Waals surface area contributed by atoms with Crippen LogP contribution in [0, 0.1) is 0 Å². The van der Waals surface area contributed by atoms with Gasteiger partial charge < -0.3 is 11.1 Å². The van der Waals surface area contributed by atoms with Crippen molar-refractivity contribution in [2.45, 2.75) is 6.54 Å². The Hall–Kier alpha value is -3.97. The first-order valence-electron chi connectivity index (χ1n) is 9.37. The smallest absolute Gasteiger partial charge is 0.278 e. The van der Waals surface area contributed by atoms with Crippen LogP contribution >= 0.6 is 11.6 Å². The molecule has 4 rings (SSSR count). The highest BCUT2D eigenvalue weighted by Gasteiger charge is 2.16. The Bertz CT molecular complexity index is 1310. The van der Waals surface area contributed by atoms with Crippen molar-refractivity contribution in [1.82, 2.24) is 9.78 Å². The van der Waals surface area contributed by atoms with E-state index in [-0.39, 0.29) is 28.6 Å². The first-order chi connectivity index (χ1) is 15.0. The molecule has 0 atom stereocenters. The number of carbonyl (C=O) groups excluding carboxylic acids is 3. The number of nitrogen functional groups attached to an aromatic ring is 1. The van der Waals surface area contributed by atoms with Gasteiger partial charge in [0.2, 0.25) is 5.78 Å². The number of aromatic nitrogens is 2. The summed E-state index contributed by atoms with van der Waals surface area (Å²) in [6.45, 7) is 0.463. The largest absolute Gasteiger partial charge is 0.382 e. The third-order valence-corrected chi connectivity index (χ3v) is 5.15. The van der Waals surface area contributed by atoms with Crippen molar-refractivity contribution >= 4 is 51.9 Å². The van der Waals surface area contributed by atoms with E-state index >= 15 is 0 Å². The summed E-state index contributed by atoms with van der Waals surface area (Å²) in [5.74, 6) is -0.655. The van der Waals surface area contributed by atoms with Crippen LogP contribution in [-0.4, -0.2) is 27.8 Å². The SMILES string of the molecule is Nc1ccn(C(=O)c2ccc(CNc3cc(Cl)c(C(=O)C=O)c4ccccc34)cc2)n1. The first-order valence-corrected chi connectivity index (χ1v) is 9.75. The topological polar surface area (TPSA) is 107 Å². The number of benzene rings is 3. The van der Waals surface area contributed by atoms with Gasteiger partial charge in [0.15, 0.2) is 6.29 Å². The number of ketones is 1. The summed E-state index contributed by atoms with van der Waals surface area (Å²) in [5, 5.41) is 8.82. The summed E-state index contributed by atoms with van der Waals surface area (Å²) in [6.07, 6.45) is 1.78. The third kappa shape index (κ3) is 4.04. The molecule has 0 spiro atoms. The van der Waals surface area contributed by atoms with E-state index in [1.54, 1.807) is 36.4 Å². The minimum atomic E-state index is -0.660. The Kier molecular flexibility index (Phi) is 5.51. The second kappa shape index (κ2) is 8.41. The number of nitrogens with one attached hydrogen (secondary N) is 1. The Morgan fingerprint density at radius 3 is 2.42 bits per heavy atom. The average molecular weight is 433 g/mol. The van der Waals surface area contributed by atoms with Crippen LogP contribution in [-0.2, 0) is 11.3 Å². The van der Waals surface area contributed by atoms with Crippen LogP contribution in [0.15, 0.2) is 66.9 Å². The number of halogens is 1. The lowest BCUT2D eigenvalue weighted by Gasteiger charge is -2.14. The number of nitrogens with zero attached hydrogens (tertiary/aromatic N) is 2. The summed E-state index contributed by atoms with van der Waals surface area (Å²) in [4.78, 5) is 35.4. The molecular formula is C23H17ClN4O3. The van der Waals surface area contributed by atoms with E-state index in [0.717, 1.165) is 16.6 Å². The fraction of sp³-hybridized carbons (Fsp3) is 0.0435. The van der Waals surface area contributed by atoms with E-state index in [1.165, 1.54) is 10.9 Å². The summed E-state index contributed by atoms with van der Waals surface area (Å²) in [7, 11) is 0. The van der Waals surface area contributed by atoms with Crippen molar-refractivity contribution in [3.05, 3.63) is 88.6 Å². The molecule has 0 aliphatic heterocycles. The zero-order chi connectivity index (χ0) is 22.0. The van der Waals surface area contributed by atoms with Gasteiger partial charge in [-0.1, -0.05) is 48.0 Å². The normalized spacial score (nSPS) is 10.7. The number of fused-ring (bicyclic) bond motifs is 1. The molecule has 0 saturated heterocycles. The Morgan fingerprint density at radius 1 is 1.06 bits per heavy atom. The van der Waals surface area contributed by atoms with Crippen molar-refractivity contribution in [1.29, 1.82) is 0 Å². The van der Waals surface area contributed by atoms with E-state index in [1.807, 2.05) is 24.3 Å². The zero-order valence-corrected chi connectivity index (χ0v) is 17.0. The van der Waals surface area contributed by atoms with Crippen LogP contribution in [0.4, 0.5) is 11.5 Å². The highest BCUT2D eigenvalue weighted by atomic mass is 35.5. The predicted octanol–water partition coefficient (Wildman–Crippen LogP) is 3.95. The molecule has 1 aromatic heterocycles. The summed E-state index contributed by atoms with van der Waals surface area (Å²) in [6, 6.07) is 17.5. The number of carbonyl (C=O) groups is 3. The molecule has 7 nitrogen and oxygen atoms in total. The van der Waals surface area contributed by atoms with Gasteiger partial charge in [0, 0.05) is 35.4 Å². The van der Waals surface area contributed by atoms with Gasteiger partial charge in [-0.15, -0.1) is 5.10 Å². The number of Topliss-reactive ketones (excluding diaryl/α,β-unsaturated/α-hetero) is 1. The van der Waals surface area contributed by atoms with Crippen molar-refractivity contribution in [2.24, 2.45) is 0 Å². The lowest BCUT2D eigenvalue weighted by Crippen LogP contribution is -2.13. The first kappa shape index (κ1) is 20.3. The molecule has 0 saturated carbocycles. The number of hydrogen-bond donors (Lipinski definition) is 2. The standard InChI is InChI=1S/C23H17ClN4O3/c24-18-11-19(16-3-1-2-4-17(16)22(18)20(30)13-29)26-12-14-5-7-15(8-6-14)23(31)28-10-9-21(25)27-28/h1-11,13,26H,12H2,(H2,25,27). The molecule has 3 N–H and O–H groups in total. The monoisotopic (exact) mass is 432 g/mol. The molecule has 3 aromatic carbocycles. The molecule has 4 aromatic rings. The van der Waals surface area contributed by atoms with Gasteiger partial charge >= 0.3 is 0 Å². The quantitative estimate of drug-likeness (QED) is 0.271. The van der Waals surface area contributed by atoms with Gasteiger partial charge in [-0.25, -0.2) is 4.68 Å². The van der Waals surface area contributed by atoms with Crippen molar-refractivity contribution in [2.75, 3.05) is 11.1 Å². The molecule has 0 bridgehead atoms. The van der Waals surface area contributed by atoms with E-state index in [4.69, 9.17) is 17.3 Å². The zero-order valence-electron chi connectivity index (χ0n) is 16.2. The maximum atomic E-state index is 12.4. The molecule has 8 heteroatoms. The molecule has 0 radical (unpaired) electrons. The van der Waals surface area contributed by atoms with E-state index in [0.29, 0.717) is 17.5 Å². The number of hydrogen-bond acceptors (Lipinski definition) is 6. The fourth-order valence-electron chi connectivity index (χ4n) is 3.34. The Labute approximate surface area is 182 Å². The maximum absolute atomic E-state index is 12.4. The summed E-state index contributed by atoms with van der Waals surface area (Å²) >= 11 is 6.30. The molecule has 31 heavy (non-hydrogen) atoms. The number of anilines is 2. The second-order valence-corrected chi connectivity index (χ2v) is 7.26. The second-order valence-electron chi connectivity index (χ2n) is 6.85. The van der Waals surface area contributed by atoms with Gasteiger partial charge in [-0.05, 0) is 29.1 Å². The predicted molar refractivity (Wildman–Crippen MR) is 119 cm³/mol. The van der Waals surface area contributed by atoms with Crippen LogP contribution in [0.1, 0.15) is 26.3 Å². The highest BCUT2D eigenvalue weighted by molar-refractivity contribution is 6.44. The van der Waals surface area contributed by atoms with Crippen molar-refractivity contribution < 1.29 is 14.4 Å². The molecular weight excluding hydrogens is 416 g/mol. The minimum Gasteiger partial charge on any atom is -0.382 e. The van der Waals surface area contributed by atoms with Crippen LogP contribution in [0.25, 0.3) is 10.8 Å². The lowest BCUT2D eigenvalue weighted by atomic mass is 10.00. The molecule has 0 amide bonds. The van der Waals surface area contributed by atoms with Crippen LogP contribution in [0.5, 0.6) is 0 Å². The van der Waals surface area contributed by atoms with Crippen LogP contribution < -0.4 is 11.1 Å². The van der Waals surface area contributed by atoms with Gasteiger partial charge in [0.1, 0.15) is 5.82 Å². The molecule has 0 fully saturated rings. The van der Waals surface area contributed by atoms with Gasteiger partial charge in [-0.3, -0.25) is 14.4 Å². The van der Waals surface area contributed by atoms with Crippen molar-refractivity contribution in [3.63, 3.8) is 0 Å². The number of rotatable bonds is 6. The van der Waals surface area contributed by atoms with Gasteiger partial charge in [-0.2, -0.15) is 0 Å². The highest BCUT2D eigenvalue weighted by Crippen LogP contribution is 2.33. The van der Waals surface area contributed by atoms with E-state index in [2.05, 4.69) is 10.4 Å². The molecule has 0 aliphatic carbocycles. The van der Waals surface area contributed by atoms with E-state index < -0.39 is 5.78 Å². The van der Waals surface area contributed by atoms with Gasteiger partial charge in [0.05, 0.1) is 10.6 Å². The molecule has 0 aliphatic rings. The van der Waals surface area contributed by atoms with E-state index in [9.17, 15) is 14.4 Å². The van der Waals surface area contributed by atoms with Crippen LogP contribution in [0.2, 0.25) is 5.02 Å². The fourth-order valence-corrected chi connectivity index (χ4v) is 3.65. The number of aldehydes is 1. The Morgan fingerprint density at radius 2 is 1.77 bits per heavy atom. The van der Waals surface area contributed by atoms with Crippen LogP contribution in [0.3, 0.4) is 0 Å².